The van der Waals surface area contributed by atoms with Gasteiger partial charge >= 0.3 is 0 Å². The van der Waals surface area contributed by atoms with E-state index in [1.54, 1.807) is 19.0 Å². The van der Waals surface area contributed by atoms with Gasteiger partial charge in [0.05, 0.1) is 12.1 Å². The number of hydrogen-bond donors (Lipinski definition) is 2. The molecule has 8 heteroatoms. The highest BCUT2D eigenvalue weighted by atomic mass is 35.5. The van der Waals surface area contributed by atoms with Crippen molar-refractivity contribution in [3.05, 3.63) is 35.4 Å². The molecule has 0 radical (unpaired) electrons. The second kappa shape index (κ2) is 10.0. The van der Waals surface area contributed by atoms with Crippen LogP contribution in [-0.4, -0.2) is 44.0 Å². The highest BCUT2D eigenvalue weighted by Crippen LogP contribution is 2.24. The third kappa shape index (κ3) is 5.57. The molecule has 0 aliphatic carbocycles. The minimum Gasteiger partial charge on any atom is -0.353 e. The molecule has 1 fully saturated rings. The van der Waals surface area contributed by atoms with Gasteiger partial charge in [0.15, 0.2) is 0 Å². The lowest BCUT2D eigenvalue weighted by Gasteiger charge is -2.26. The monoisotopic (exact) mass is 369 g/mol. The molecule has 1 saturated heterocycles. The maximum absolute atomic E-state index is 13.9. The molecule has 1 aromatic rings. The van der Waals surface area contributed by atoms with Crippen molar-refractivity contribution < 1.29 is 13.6 Å². The molecule has 0 bridgehead atoms. The summed E-state index contributed by atoms with van der Waals surface area (Å²) in [6.07, 6.45) is 1.77. The van der Waals surface area contributed by atoms with Crippen LogP contribution in [0.5, 0.6) is 0 Å². The van der Waals surface area contributed by atoms with E-state index in [1.165, 1.54) is 18.2 Å². The van der Waals surface area contributed by atoms with Gasteiger partial charge in [-0.25, -0.2) is 8.78 Å². The van der Waals surface area contributed by atoms with Gasteiger partial charge in [0.2, 0.25) is 5.91 Å². The Balaban J connectivity index is 0.00000242. The van der Waals surface area contributed by atoms with Crippen molar-refractivity contribution in [3.8, 4) is 0 Å². The lowest BCUT2D eigenvalue weighted by molar-refractivity contribution is -0.123. The molecular weight excluding hydrogens is 347 g/mol. The number of benzene rings is 1. The molecule has 2 rings (SSSR count). The summed E-state index contributed by atoms with van der Waals surface area (Å²) in [5.41, 5.74) is -0.0119. The molecule has 0 aromatic heterocycles. The minimum atomic E-state index is -0.595. The van der Waals surface area contributed by atoms with E-state index in [9.17, 15) is 13.6 Å². The predicted octanol–water partition coefficient (Wildman–Crippen LogP) is 2.28. The van der Waals surface area contributed by atoms with E-state index in [-0.39, 0.29) is 48.9 Å². The summed E-state index contributed by atoms with van der Waals surface area (Å²) < 4.78 is 27.8. The van der Waals surface area contributed by atoms with E-state index in [4.69, 9.17) is 0 Å². The molecule has 1 amide bonds. The number of nitrogens with one attached hydrogen (secondary N) is 2. The average molecular weight is 370 g/mol. The second-order valence-electron chi connectivity index (χ2n) is 5.51. The number of halogens is 4. The Kier molecular flexibility index (Phi) is 9.61. The number of carbonyl (C=O) groups excluding carboxylic acids is 1. The van der Waals surface area contributed by atoms with Gasteiger partial charge in [0, 0.05) is 12.1 Å². The molecular formula is C15H23Cl2F2N3O. The molecule has 1 aliphatic rings. The van der Waals surface area contributed by atoms with Crippen LogP contribution in [0, 0.1) is 11.6 Å². The van der Waals surface area contributed by atoms with Gasteiger partial charge in [-0.05, 0) is 45.6 Å². The standard InChI is InChI=1S/C15H21F2N3O.2ClH/c1-20(2)13(14-10(16)5-3-6-11(14)17)9-19-15(21)12-7-4-8-18-12;;/h3,5-6,12-13,18H,4,7-9H2,1-2H3,(H,19,21);2*1H. The summed E-state index contributed by atoms with van der Waals surface area (Å²) in [4.78, 5) is 13.7. The predicted molar refractivity (Wildman–Crippen MR) is 91.3 cm³/mol. The van der Waals surface area contributed by atoms with Crippen LogP contribution in [0.1, 0.15) is 24.4 Å². The van der Waals surface area contributed by atoms with Crippen molar-refractivity contribution in [1.29, 1.82) is 0 Å². The highest BCUT2D eigenvalue weighted by molar-refractivity contribution is 5.85. The van der Waals surface area contributed by atoms with Gasteiger partial charge in [-0.2, -0.15) is 0 Å². The van der Waals surface area contributed by atoms with E-state index >= 15 is 0 Å². The van der Waals surface area contributed by atoms with Crippen LogP contribution in [0.3, 0.4) is 0 Å². The van der Waals surface area contributed by atoms with Crippen molar-refractivity contribution >= 4 is 30.7 Å². The van der Waals surface area contributed by atoms with E-state index in [2.05, 4.69) is 10.6 Å². The summed E-state index contributed by atoms with van der Waals surface area (Å²) in [6.45, 7) is 0.999. The SMILES string of the molecule is CN(C)C(CNC(=O)C1CCCN1)c1c(F)cccc1F.Cl.Cl. The molecule has 132 valence electrons. The number of rotatable bonds is 5. The Morgan fingerprint density at radius 1 is 1.35 bits per heavy atom. The Bertz CT molecular complexity index is 491. The van der Waals surface area contributed by atoms with E-state index in [1.807, 2.05) is 0 Å². The lowest BCUT2D eigenvalue weighted by Crippen LogP contribution is -2.43. The Morgan fingerprint density at radius 3 is 2.43 bits per heavy atom. The van der Waals surface area contributed by atoms with Gasteiger partial charge in [-0.1, -0.05) is 6.07 Å². The first-order valence-electron chi connectivity index (χ1n) is 7.12. The van der Waals surface area contributed by atoms with Gasteiger partial charge in [-0.15, -0.1) is 24.8 Å². The second-order valence-corrected chi connectivity index (χ2v) is 5.51. The van der Waals surface area contributed by atoms with Crippen LogP contribution in [0.15, 0.2) is 18.2 Å². The largest absolute Gasteiger partial charge is 0.353 e. The molecule has 1 heterocycles. The molecule has 0 spiro atoms. The topological polar surface area (TPSA) is 44.4 Å². The highest BCUT2D eigenvalue weighted by Gasteiger charge is 2.26. The first-order chi connectivity index (χ1) is 10.0. The number of hydrogen-bond acceptors (Lipinski definition) is 3. The number of amides is 1. The Labute approximate surface area is 147 Å². The van der Waals surface area contributed by atoms with Crippen LogP contribution in [-0.2, 0) is 4.79 Å². The molecule has 23 heavy (non-hydrogen) atoms. The third-order valence-corrected chi connectivity index (χ3v) is 3.80. The molecule has 1 aromatic carbocycles. The maximum Gasteiger partial charge on any atom is 0.237 e. The summed E-state index contributed by atoms with van der Waals surface area (Å²) >= 11 is 0. The van der Waals surface area contributed by atoms with Gasteiger partial charge in [-0.3, -0.25) is 4.79 Å². The first-order valence-corrected chi connectivity index (χ1v) is 7.12. The van der Waals surface area contributed by atoms with Crippen LogP contribution < -0.4 is 10.6 Å². The third-order valence-electron chi connectivity index (χ3n) is 3.80. The summed E-state index contributed by atoms with van der Waals surface area (Å²) in [7, 11) is 3.47. The molecule has 2 unspecified atom stereocenters. The normalized spacial score (nSPS) is 18.0. The van der Waals surface area contributed by atoms with Crippen molar-refractivity contribution in [2.75, 3.05) is 27.2 Å². The van der Waals surface area contributed by atoms with Gasteiger partial charge in [0.25, 0.3) is 0 Å². The number of likely N-dealkylation sites (N-methyl/N-ethyl adjacent to an activating group) is 1. The quantitative estimate of drug-likeness (QED) is 0.836. The summed E-state index contributed by atoms with van der Waals surface area (Å²) in [5, 5.41) is 5.88. The molecule has 2 atom stereocenters. The average Bonchev–Trinajstić information content (AvgIpc) is 2.95. The number of carbonyl (C=O) groups is 1. The van der Waals surface area contributed by atoms with Crippen LogP contribution in [0.2, 0.25) is 0 Å². The smallest absolute Gasteiger partial charge is 0.237 e. The van der Waals surface area contributed by atoms with Crippen molar-refractivity contribution in [2.45, 2.75) is 24.9 Å². The molecule has 1 aliphatic heterocycles. The van der Waals surface area contributed by atoms with Crippen LogP contribution in [0.4, 0.5) is 8.78 Å². The van der Waals surface area contributed by atoms with E-state index in [0.717, 1.165) is 19.4 Å². The van der Waals surface area contributed by atoms with Crippen molar-refractivity contribution in [1.82, 2.24) is 15.5 Å². The zero-order valence-electron chi connectivity index (χ0n) is 13.1. The van der Waals surface area contributed by atoms with Crippen molar-refractivity contribution in [2.24, 2.45) is 0 Å². The molecule has 2 N–H and O–H groups in total. The van der Waals surface area contributed by atoms with Crippen LogP contribution >= 0.6 is 24.8 Å². The summed E-state index contributed by atoms with van der Waals surface area (Å²) in [6, 6.07) is 3.06. The Morgan fingerprint density at radius 2 is 1.96 bits per heavy atom. The van der Waals surface area contributed by atoms with E-state index in [0.29, 0.717) is 0 Å². The van der Waals surface area contributed by atoms with Crippen molar-refractivity contribution in [3.63, 3.8) is 0 Å². The number of nitrogens with zero attached hydrogens (tertiary/aromatic N) is 1. The fourth-order valence-corrected chi connectivity index (χ4v) is 2.60. The van der Waals surface area contributed by atoms with Gasteiger partial charge < -0.3 is 15.5 Å². The fourth-order valence-electron chi connectivity index (χ4n) is 2.60. The zero-order chi connectivity index (χ0) is 15.4. The maximum atomic E-state index is 13.9. The minimum absolute atomic E-state index is 0. The zero-order valence-corrected chi connectivity index (χ0v) is 14.8. The molecule has 0 saturated carbocycles. The van der Waals surface area contributed by atoms with Crippen LogP contribution in [0.25, 0.3) is 0 Å². The fraction of sp³-hybridized carbons (Fsp3) is 0.533. The molecule has 4 nitrogen and oxygen atoms in total. The van der Waals surface area contributed by atoms with E-state index < -0.39 is 17.7 Å². The Hall–Kier alpha value is -0.950. The summed E-state index contributed by atoms with van der Waals surface area (Å²) in [5.74, 6) is -1.31. The lowest BCUT2D eigenvalue weighted by atomic mass is 10.0. The van der Waals surface area contributed by atoms with Gasteiger partial charge in [0.1, 0.15) is 11.6 Å². The first kappa shape index (κ1) is 22.1.